The minimum absolute atomic E-state index is 0.0270. The third kappa shape index (κ3) is 12.6. The summed E-state index contributed by atoms with van der Waals surface area (Å²) < 4.78 is 35.3. The second-order valence-electron chi connectivity index (χ2n) is 19.8. The molecule has 0 aromatic heterocycles. The molecule has 0 radical (unpaired) electrons. The number of methoxy groups -OCH3 is 1. The number of nitrogens with one attached hydrogen (secondary N) is 5. The van der Waals surface area contributed by atoms with E-state index in [1.54, 1.807) is 78.2 Å². The molecule has 5 heterocycles. The smallest absolute Gasteiger partial charge is 0.264 e. The summed E-state index contributed by atoms with van der Waals surface area (Å²) in [6.45, 7) is 8.95. The average Bonchev–Trinajstić information content (AvgIpc) is 3.82. The zero-order valence-corrected chi connectivity index (χ0v) is 43.3. The highest BCUT2D eigenvalue weighted by Gasteiger charge is 2.49. The van der Waals surface area contributed by atoms with Crippen molar-refractivity contribution in [1.29, 1.82) is 0 Å². The standard InChI is InChI=1S/C54H64ClN9O9S/c1-34(56)30-46(55)54(2,73-3)61-40-31-41-18-19-42(32-40)64(41)74(71,72)33-37-22-28-62(29-23-37)27-5-24-58-49(66)38-14-10-35(11-15-38)8-9-36-12-16-39(17-13-36)50(67)59-26-25-57-44-7-4-6-43-48(44)53(70)63(52(43)69)45-20-21-47(65)60-51(45)68/h4,6-7,10-17,30,37,40-42,45,57,61H,1,5,18-29,31-33,56H2,2-3H3,(H,58,66)(H,59,67)(H,60,65,68)/b46-30+/t40?,41-,42+,45?,54?. The third-order valence-corrected chi connectivity index (χ3v) is 17.2. The molecule has 5 atom stereocenters. The van der Waals surface area contributed by atoms with Gasteiger partial charge in [0.25, 0.3) is 23.6 Å². The number of rotatable bonds is 19. The second-order valence-corrected chi connectivity index (χ2v) is 22.1. The highest BCUT2D eigenvalue weighted by Crippen LogP contribution is 2.40. The van der Waals surface area contributed by atoms with Crippen molar-refractivity contribution >= 4 is 62.8 Å². The van der Waals surface area contributed by atoms with E-state index < -0.39 is 45.4 Å². The number of hydrogen-bond acceptors (Lipinski definition) is 13. The number of hydrogen-bond donors (Lipinski definition) is 6. The minimum atomic E-state index is -3.44. The van der Waals surface area contributed by atoms with E-state index in [4.69, 9.17) is 22.1 Å². The first-order valence-electron chi connectivity index (χ1n) is 25.2. The molecular formula is C54H64ClN9O9S. The lowest BCUT2D eigenvalue weighted by Crippen LogP contribution is -2.57. The molecule has 5 aliphatic rings. The zero-order valence-electron chi connectivity index (χ0n) is 41.7. The second kappa shape index (κ2) is 23.4. The molecule has 20 heteroatoms. The summed E-state index contributed by atoms with van der Waals surface area (Å²) in [6, 6.07) is 17.5. The monoisotopic (exact) mass is 1050 g/mol. The lowest BCUT2D eigenvalue weighted by atomic mass is 9.98. The van der Waals surface area contributed by atoms with Crippen LogP contribution in [0.2, 0.25) is 0 Å². The Kier molecular flexibility index (Phi) is 17.1. The number of nitrogens with two attached hydrogens (primary N) is 1. The maximum Gasteiger partial charge on any atom is 0.264 e. The normalized spacial score (nSPS) is 22.3. The van der Waals surface area contributed by atoms with E-state index in [-0.39, 0.29) is 78.7 Å². The summed E-state index contributed by atoms with van der Waals surface area (Å²) in [7, 11) is -1.86. The first kappa shape index (κ1) is 53.9. The Hall–Kier alpha value is -6.40. The molecule has 3 aromatic carbocycles. The predicted molar refractivity (Wildman–Crippen MR) is 280 cm³/mol. The Morgan fingerprint density at radius 1 is 0.865 bits per heavy atom. The molecule has 0 spiro atoms. The van der Waals surface area contributed by atoms with Gasteiger partial charge in [0.05, 0.1) is 21.9 Å². The van der Waals surface area contributed by atoms with Crippen molar-refractivity contribution in [1.82, 2.24) is 35.4 Å². The molecule has 3 unspecified atom stereocenters. The van der Waals surface area contributed by atoms with Gasteiger partial charge in [0.1, 0.15) is 6.04 Å². The minimum Gasteiger partial charge on any atom is -0.399 e. The highest BCUT2D eigenvalue weighted by atomic mass is 35.5. The topological polar surface area (TPSA) is 242 Å². The third-order valence-electron chi connectivity index (χ3n) is 14.6. The highest BCUT2D eigenvalue weighted by molar-refractivity contribution is 7.89. The molecule has 18 nitrogen and oxygen atoms in total. The quantitative estimate of drug-likeness (QED) is 0.0327. The Labute approximate surface area is 437 Å². The fraction of sp³-hybridized carbons (Fsp3) is 0.444. The summed E-state index contributed by atoms with van der Waals surface area (Å²) in [6.07, 6.45) is 7.10. The summed E-state index contributed by atoms with van der Waals surface area (Å²) >= 11 is 6.54. The Morgan fingerprint density at radius 3 is 2.05 bits per heavy atom. The van der Waals surface area contributed by atoms with Gasteiger partial charge in [-0.15, -0.1) is 0 Å². The van der Waals surface area contributed by atoms with Crippen LogP contribution < -0.4 is 32.3 Å². The van der Waals surface area contributed by atoms with Gasteiger partial charge in [-0.1, -0.05) is 36.1 Å². The number of imide groups is 2. The fourth-order valence-corrected chi connectivity index (χ4v) is 13.3. The van der Waals surface area contributed by atoms with E-state index in [1.165, 1.54) is 6.07 Å². The first-order chi connectivity index (χ1) is 35.4. The lowest BCUT2D eigenvalue weighted by Gasteiger charge is -2.42. The molecule has 6 amide bonds. The Bertz CT molecular complexity index is 2860. The maximum atomic E-state index is 13.9. The van der Waals surface area contributed by atoms with Crippen LogP contribution in [0.15, 0.2) is 90.1 Å². The number of ether oxygens (including phenoxy) is 1. The van der Waals surface area contributed by atoms with Gasteiger partial charge < -0.3 is 31.3 Å². The summed E-state index contributed by atoms with van der Waals surface area (Å²) in [5.41, 5.74) is 8.16. The van der Waals surface area contributed by atoms with Crippen LogP contribution in [-0.2, 0) is 24.3 Å². The van der Waals surface area contributed by atoms with Crippen LogP contribution in [0, 0.1) is 17.8 Å². The number of halogens is 1. The maximum absolute atomic E-state index is 13.9. The van der Waals surface area contributed by atoms with Gasteiger partial charge in [-0.2, -0.15) is 4.31 Å². The van der Waals surface area contributed by atoms with E-state index in [2.05, 4.69) is 49.9 Å². The molecule has 7 N–H and O–H groups in total. The zero-order chi connectivity index (χ0) is 52.7. The lowest BCUT2D eigenvalue weighted by molar-refractivity contribution is -0.136. The number of sulfonamides is 1. The van der Waals surface area contributed by atoms with Crippen molar-refractivity contribution < 1.29 is 41.9 Å². The van der Waals surface area contributed by atoms with E-state index in [0.717, 1.165) is 62.2 Å². The van der Waals surface area contributed by atoms with E-state index >= 15 is 0 Å². The molecular weight excluding hydrogens is 986 g/mol. The first-order valence-corrected chi connectivity index (χ1v) is 27.2. The van der Waals surface area contributed by atoms with Crippen LogP contribution in [0.25, 0.3) is 0 Å². The molecule has 74 heavy (non-hydrogen) atoms. The molecule has 392 valence electrons. The number of fused-ring (bicyclic) bond motifs is 3. The molecule has 0 saturated carbocycles. The Morgan fingerprint density at radius 2 is 1.47 bits per heavy atom. The van der Waals surface area contributed by atoms with Crippen LogP contribution >= 0.6 is 11.6 Å². The summed E-state index contributed by atoms with van der Waals surface area (Å²) in [4.78, 5) is 79.6. The van der Waals surface area contributed by atoms with Crippen molar-refractivity contribution in [2.75, 3.05) is 57.4 Å². The Balaban J connectivity index is 0.710. The molecule has 2 bridgehead atoms. The van der Waals surface area contributed by atoms with E-state index in [0.29, 0.717) is 52.5 Å². The largest absolute Gasteiger partial charge is 0.399 e. The predicted octanol–water partition coefficient (Wildman–Crippen LogP) is 4.03. The van der Waals surface area contributed by atoms with Crippen LogP contribution in [0.4, 0.5) is 5.69 Å². The molecule has 5 aliphatic heterocycles. The van der Waals surface area contributed by atoms with Crippen LogP contribution in [0.3, 0.4) is 0 Å². The van der Waals surface area contributed by atoms with Gasteiger partial charge >= 0.3 is 0 Å². The molecule has 8 rings (SSSR count). The van der Waals surface area contributed by atoms with E-state index in [9.17, 15) is 37.2 Å². The van der Waals surface area contributed by atoms with Gasteiger partial charge in [-0.25, -0.2) is 8.42 Å². The van der Waals surface area contributed by atoms with Crippen LogP contribution in [0.5, 0.6) is 0 Å². The molecule has 4 fully saturated rings. The molecule has 4 saturated heterocycles. The number of piperidine rings is 3. The molecule has 0 aliphatic carbocycles. The molecule has 3 aromatic rings. The summed E-state index contributed by atoms with van der Waals surface area (Å²) in [5.74, 6) is 3.63. The number of carbonyl (C=O) groups is 6. The van der Waals surface area contributed by atoms with Gasteiger partial charge in [-0.05, 0) is 151 Å². The SMILES string of the molecule is C=C(N)/C=C(/Cl)C(C)(NC1C[C@H]2CC[C@@H](C1)N2S(=O)(=O)CC1CCN(CCCNC(=O)c2ccc(C#Cc3ccc(C(=O)NCCNc4cccc5c4C(=O)N(C4CCC(=O)NC4=O)C5=O)cc3)cc2)CC1)OC. The number of carbonyl (C=O) groups excluding carboxylic acids is 6. The van der Waals surface area contributed by atoms with Crippen LogP contribution in [0.1, 0.15) is 117 Å². The van der Waals surface area contributed by atoms with Crippen molar-refractivity contribution in [3.63, 3.8) is 0 Å². The average molecular weight is 1050 g/mol. The number of anilines is 1. The van der Waals surface area contributed by atoms with Gasteiger partial charge in [0.15, 0.2) is 5.72 Å². The van der Waals surface area contributed by atoms with E-state index in [1.807, 2.05) is 6.92 Å². The number of benzene rings is 3. The van der Waals surface area contributed by atoms with Crippen molar-refractivity contribution in [3.8, 4) is 11.8 Å². The number of nitrogens with zero attached hydrogens (tertiary/aromatic N) is 3. The van der Waals surface area contributed by atoms with Gasteiger partial charge in [-0.3, -0.25) is 44.3 Å². The fourth-order valence-electron chi connectivity index (χ4n) is 10.7. The van der Waals surface area contributed by atoms with Crippen molar-refractivity contribution in [2.24, 2.45) is 11.7 Å². The summed E-state index contributed by atoms with van der Waals surface area (Å²) in [5, 5.41) is 15.0. The van der Waals surface area contributed by atoms with Gasteiger partial charge in [0.2, 0.25) is 21.8 Å². The van der Waals surface area contributed by atoms with Crippen LogP contribution in [-0.4, -0.2) is 140 Å². The van der Waals surface area contributed by atoms with Crippen molar-refractivity contribution in [2.45, 2.75) is 94.6 Å². The van der Waals surface area contributed by atoms with Crippen molar-refractivity contribution in [3.05, 3.63) is 123 Å². The number of amides is 6. The van der Waals surface area contributed by atoms with Gasteiger partial charge in [0, 0.05) is 84.9 Å². The number of allylic oxidation sites excluding steroid dienone is 1. The number of likely N-dealkylation sites (tertiary alicyclic amines) is 1.